The van der Waals surface area contributed by atoms with Crippen LogP contribution in [-0.2, 0) is 4.79 Å². The van der Waals surface area contributed by atoms with E-state index in [2.05, 4.69) is 5.32 Å². The Morgan fingerprint density at radius 2 is 1.91 bits per heavy atom. The smallest absolute Gasteiger partial charge is 0.266 e. The fraction of sp³-hybridized carbons (Fsp3) is 0.0588. The number of carbonyl (C=O) groups excluding carboxylic acids is 1. The van der Waals surface area contributed by atoms with Gasteiger partial charge in [0, 0.05) is 0 Å². The number of hydrogen-bond acceptors (Lipinski definition) is 3. The lowest BCUT2D eigenvalue weighted by atomic mass is 10.1. The largest absolute Gasteiger partial charge is 0.497 e. The summed E-state index contributed by atoms with van der Waals surface area (Å²) in [6, 6.07) is 13.7. The highest BCUT2D eigenvalue weighted by Gasteiger charge is 2.12. The molecule has 0 aliphatic rings. The Balaban J connectivity index is 2.22. The number of hydrogen-bond donors (Lipinski definition) is 1. The number of rotatable bonds is 4. The molecular weight excluding hydrogens is 335 g/mol. The number of amides is 1. The topological polar surface area (TPSA) is 62.1 Å². The molecule has 0 bridgehead atoms. The first-order valence-electron chi connectivity index (χ1n) is 6.56. The second kappa shape index (κ2) is 7.68. The van der Waals surface area contributed by atoms with Gasteiger partial charge in [-0.05, 0) is 35.9 Å². The molecule has 0 unspecified atom stereocenters. The number of anilines is 1. The molecule has 116 valence electrons. The molecule has 2 aromatic carbocycles. The number of benzene rings is 2. The molecule has 1 N–H and O–H groups in total. The zero-order valence-corrected chi connectivity index (χ0v) is 13.7. The van der Waals surface area contributed by atoms with Gasteiger partial charge in [-0.1, -0.05) is 41.4 Å². The van der Waals surface area contributed by atoms with E-state index in [1.54, 1.807) is 49.6 Å². The summed E-state index contributed by atoms with van der Waals surface area (Å²) in [5.74, 6) is 0.128. The van der Waals surface area contributed by atoms with Crippen molar-refractivity contribution in [2.24, 2.45) is 0 Å². The number of nitriles is 1. The van der Waals surface area contributed by atoms with Crippen LogP contribution in [0.3, 0.4) is 0 Å². The van der Waals surface area contributed by atoms with Gasteiger partial charge in [-0.3, -0.25) is 4.79 Å². The molecule has 0 atom stereocenters. The lowest BCUT2D eigenvalue weighted by molar-refractivity contribution is -0.112. The SMILES string of the molecule is COc1ccc(/C=C(\C#N)C(=O)Nc2cccc(Cl)c2Cl)cc1. The van der Waals surface area contributed by atoms with E-state index in [0.717, 1.165) is 0 Å². The first-order chi connectivity index (χ1) is 11.0. The summed E-state index contributed by atoms with van der Waals surface area (Å²) in [6.45, 7) is 0. The first-order valence-corrected chi connectivity index (χ1v) is 7.32. The van der Waals surface area contributed by atoms with Crippen molar-refractivity contribution >= 4 is 40.9 Å². The van der Waals surface area contributed by atoms with Crippen molar-refractivity contribution in [2.45, 2.75) is 0 Å². The summed E-state index contributed by atoms with van der Waals surface area (Å²) in [5.41, 5.74) is 1.00. The van der Waals surface area contributed by atoms with Gasteiger partial charge >= 0.3 is 0 Å². The fourth-order valence-corrected chi connectivity index (χ4v) is 2.15. The summed E-state index contributed by atoms with van der Waals surface area (Å²) in [6.07, 6.45) is 1.48. The van der Waals surface area contributed by atoms with E-state index in [4.69, 9.17) is 27.9 Å². The minimum atomic E-state index is -0.563. The van der Waals surface area contributed by atoms with Crippen LogP contribution in [0.5, 0.6) is 5.75 Å². The fourth-order valence-electron chi connectivity index (χ4n) is 1.81. The second-order valence-electron chi connectivity index (χ2n) is 4.50. The van der Waals surface area contributed by atoms with Gasteiger partial charge in [0.1, 0.15) is 17.4 Å². The standard InChI is InChI=1S/C17H12Cl2N2O2/c1-23-13-7-5-11(6-8-13)9-12(10-20)17(22)21-15-4-2-3-14(18)16(15)19/h2-9H,1H3,(H,21,22)/b12-9+. The number of halogens is 2. The van der Waals surface area contributed by atoms with E-state index in [-0.39, 0.29) is 10.6 Å². The Morgan fingerprint density at radius 3 is 2.52 bits per heavy atom. The van der Waals surface area contributed by atoms with Crippen LogP contribution in [0.25, 0.3) is 6.08 Å². The Kier molecular flexibility index (Phi) is 5.64. The predicted octanol–water partition coefficient (Wildman–Crippen LogP) is 4.55. The quantitative estimate of drug-likeness (QED) is 0.652. The van der Waals surface area contributed by atoms with Crippen LogP contribution in [0.4, 0.5) is 5.69 Å². The molecule has 0 heterocycles. The van der Waals surface area contributed by atoms with Crippen LogP contribution < -0.4 is 10.1 Å². The first kappa shape index (κ1) is 16.9. The zero-order chi connectivity index (χ0) is 16.8. The normalized spacial score (nSPS) is 10.8. The number of nitrogens with one attached hydrogen (secondary N) is 1. The van der Waals surface area contributed by atoms with Crippen LogP contribution in [0, 0.1) is 11.3 Å². The molecule has 1 amide bonds. The Labute approximate surface area is 143 Å². The molecule has 6 heteroatoms. The number of methoxy groups -OCH3 is 1. The van der Waals surface area contributed by atoms with Crippen molar-refractivity contribution in [3.05, 3.63) is 63.6 Å². The molecule has 0 fully saturated rings. The lowest BCUT2D eigenvalue weighted by Crippen LogP contribution is -2.13. The molecule has 0 saturated carbocycles. The molecular formula is C17H12Cl2N2O2. The third-order valence-electron chi connectivity index (χ3n) is 2.99. The number of nitrogens with zero attached hydrogens (tertiary/aromatic N) is 1. The van der Waals surface area contributed by atoms with E-state index < -0.39 is 5.91 Å². The van der Waals surface area contributed by atoms with Gasteiger partial charge < -0.3 is 10.1 Å². The molecule has 0 saturated heterocycles. The van der Waals surface area contributed by atoms with Gasteiger partial charge in [0.2, 0.25) is 0 Å². The summed E-state index contributed by atoms with van der Waals surface area (Å²) >= 11 is 11.9. The third-order valence-corrected chi connectivity index (χ3v) is 3.81. The molecule has 2 rings (SSSR count). The monoisotopic (exact) mass is 346 g/mol. The second-order valence-corrected chi connectivity index (χ2v) is 5.28. The molecule has 23 heavy (non-hydrogen) atoms. The van der Waals surface area contributed by atoms with Gasteiger partial charge in [-0.25, -0.2) is 0 Å². The predicted molar refractivity (Wildman–Crippen MR) is 91.7 cm³/mol. The maximum absolute atomic E-state index is 12.2. The molecule has 0 aliphatic carbocycles. The van der Waals surface area contributed by atoms with Crippen LogP contribution >= 0.6 is 23.2 Å². The highest BCUT2D eigenvalue weighted by atomic mass is 35.5. The van der Waals surface area contributed by atoms with Crippen LogP contribution in [0.2, 0.25) is 10.0 Å². The summed E-state index contributed by atoms with van der Waals surface area (Å²) in [5, 5.41) is 12.3. The summed E-state index contributed by atoms with van der Waals surface area (Å²) in [4.78, 5) is 12.2. The van der Waals surface area contributed by atoms with Crippen LogP contribution in [0.1, 0.15) is 5.56 Å². The van der Waals surface area contributed by atoms with Gasteiger partial charge in [0.15, 0.2) is 0 Å². The van der Waals surface area contributed by atoms with E-state index in [9.17, 15) is 10.1 Å². The average Bonchev–Trinajstić information content (AvgIpc) is 2.57. The minimum absolute atomic E-state index is 0.0498. The van der Waals surface area contributed by atoms with E-state index in [1.165, 1.54) is 6.08 Å². The van der Waals surface area contributed by atoms with Crippen molar-refractivity contribution in [1.29, 1.82) is 5.26 Å². The molecule has 0 aromatic heterocycles. The lowest BCUT2D eigenvalue weighted by Gasteiger charge is -2.07. The highest BCUT2D eigenvalue weighted by Crippen LogP contribution is 2.29. The van der Waals surface area contributed by atoms with Crippen LogP contribution in [-0.4, -0.2) is 13.0 Å². The molecule has 4 nitrogen and oxygen atoms in total. The van der Waals surface area contributed by atoms with Crippen molar-refractivity contribution in [3.63, 3.8) is 0 Å². The Bertz CT molecular complexity index is 793. The van der Waals surface area contributed by atoms with Crippen molar-refractivity contribution in [1.82, 2.24) is 0 Å². The van der Waals surface area contributed by atoms with Crippen molar-refractivity contribution < 1.29 is 9.53 Å². The van der Waals surface area contributed by atoms with Gasteiger partial charge in [0.25, 0.3) is 5.91 Å². The number of ether oxygens (including phenoxy) is 1. The molecule has 0 spiro atoms. The highest BCUT2D eigenvalue weighted by molar-refractivity contribution is 6.44. The molecule has 2 aromatic rings. The maximum Gasteiger partial charge on any atom is 0.266 e. The zero-order valence-electron chi connectivity index (χ0n) is 12.1. The van der Waals surface area contributed by atoms with Crippen molar-refractivity contribution in [3.8, 4) is 11.8 Å². The van der Waals surface area contributed by atoms with Gasteiger partial charge in [-0.2, -0.15) is 5.26 Å². The molecule has 0 radical (unpaired) electrons. The van der Waals surface area contributed by atoms with Crippen molar-refractivity contribution in [2.75, 3.05) is 12.4 Å². The maximum atomic E-state index is 12.2. The van der Waals surface area contributed by atoms with E-state index in [0.29, 0.717) is 22.0 Å². The molecule has 0 aliphatic heterocycles. The Hall–Kier alpha value is -2.48. The van der Waals surface area contributed by atoms with Gasteiger partial charge in [-0.15, -0.1) is 0 Å². The number of carbonyl (C=O) groups is 1. The van der Waals surface area contributed by atoms with Gasteiger partial charge in [0.05, 0.1) is 22.8 Å². The third kappa shape index (κ3) is 4.26. The summed E-state index contributed by atoms with van der Waals surface area (Å²) in [7, 11) is 1.56. The Morgan fingerprint density at radius 1 is 1.22 bits per heavy atom. The minimum Gasteiger partial charge on any atom is -0.497 e. The summed E-state index contributed by atoms with van der Waals surface area (Å²) < 4.78 is 5.06. The average molecular weight is 347 g/mol. The van der Waals surface area contributed by atoms with E-state index >= 15 is 0 Å². The van der Waals surface area contributed by atoms with Crippen LogP contribution in [0.15, 0.2) is 48.0 Å². The van der Waals surface area contributed by atoms with E-state index in [1.807, 2.05) is 6.07 Å².